The monoisotopic (exact) mass is 413 g/mol. The second-order valence-electron chi connectivity index (χ2n) is 8.43. The Hall–Kier alpha value is -2.15. The van der Waals surface area contributed by atoms with Crippen LogP contribution in [-0.2, 0) is 6.42 Å². The average Bonchev–Trinajstić information content (AvgIpc) is 3.19. The van der Waals surface area contributed by atoms with Crippen molar-refractivity contribution in [3.8, 4) is 0 Å². The molecule has 0 unspecified atom stereocenters. The highest BCUT2D eigenvalue weighted by Crippen LogP contribution is 2.23. The van der Waals surface area contributed by atoms with Crippen LogP contribution in [0, 0.1) is 6.92 Å². The van der Waals surface area contributed by atoms with Crippen molar-refractivity contribution in [2.75, 3.05) is 24.5 Å². The van der Waals surface area contributed by atoms with Gasteiger partial charge in [0.2, 0.25) is 5.13 Å². The molecule has 2 amide bonds. The Labute approximate surface area is 177 Å². The SMILES string of the molecule is Cc1ccc(Cc2nsc(N3CCN(C(=O)NC4CCCCC4)[C@H](C)C3)n2)cc1. The molecule has 1 atom stereocenters. The van der Waals surface area contributed by atoms with Gasteiger partial charge < -0.3 is 15.1 Å². The van der Waals surface area contributed by atoms with Crippen molar-refractivity contribution in [2.24, 2.45) is 0 Å². The second-order valence-corrected chi connectivity index (χ2v) is 9.16. The summed E-state index contributed by atoms with van der Waals surface area (Å²) in [5.41, 5.74) is 2.50. The van der Waals surface area contributed by atoms with Crippen molar-refractivity contribution >= 4 is 22.7 Å². The summed E-state index contributed by atoms with van der Waals surface area (Å²) in [7, 11) is 0. The van der Waals surface area contributed by atoms with Crippen LogP contribution in [0.3, 0.4) is 0 Å². The highest BCUT2D eigenvalue weighted by Gasteiger charge is 2.30. The van der Waals surface area contributed by atoms with E-state index in [-0.39, 0.29) is 12.1 Å². The molecule has 1 N–H and O–H groups in total. The number of hydrogen-bond acceptors (Lipinski definition) is 5. The van der Waals surface area contributed by atoms with Gasteiger partial charge in [-0.25, -0.2) is 9.78 Å². The lowest BCUT2D eigenvalue weighted by atomic mass is 9.96. The third kappa shape index (κ3) is 5.07. The number of anilines is 1. The molecule has 1 aromatic heterocycles. The summed E-state index contributed by atoms with van der Waals surface area (Å²) in [6.07, 6.45) is 6.76. The van der Waals surface area contributed by atoms with Crippen LogP contribution < -0.4 is 10.2 Å². The maximum Gasteiger partial charge on any atom is 0.317 e. The molecule has 2 heterocycles. The fraction of sp³-hybridized carbons (Fsp3) is 0.591. The lowest BCUT2D eigenvalue weighted by molar-refractivity contribution is 0.165. The number of amides is 2. The lowest BCUT2D eigenvalue weighted by Crippen LogP contribution is -2.58. The molecule has 7 heteroatoms. The van der Waals surface area contributed by atoms with Crippen molar-refractivity contribution in [1.29, 1.82) is 0 Å². The molecule has 1 saturated heterocycles. The number of aromatic nitrogens is 2. The van der Waals surface area contributed by atoms with Gasteiger partial charge in [0.05, 0.1) is 0 Å². The third-order valence-electron chi connectivity index (χ3n) is 6.03. The smallest absolute Gasteiger partial charge is 0.317 e. The van der Waals surface area contributed by atoms with Gasteiger partial charge in [0.1, 0.15) is 5.82 Å². The first-order valence-electron chi connectivity index (χ1n) is 10.8. The normalized spacial score (nSPS) is 20.7. The standard InChI is InChI=1S/C22H31N5OS/c1-16-8-10-18(11-9-16)14-20-24-22(29-25-20)26-12-13-27(17(2)15-26)21(28)23-19-6-4-3-5-7-19/h8-11,17,19H,3-7,12-15H2,1-2H3,(H,23,28)/t17-/m1/s1. The van der Waals surface area contributed by atoms with Gasteiger partial charge in [-0.1, -0.05) is 49.1 Å². The Kier molecular flexibility index (Phi) is 6.33. The van der Waals surface area contributed by atoms with Gasteiger partial charge in [-0.3, -0.25) is 0 Å². The zero-order valence-corrected chi connectivity index (χ0v) is 18.2. The topological polar surface area (TPSA) is 61.4 Å². The van der Waals surface area contributed by atoms with Crippen molar-refractivity contribution in [3.63, 3.8) is 0 Å². The zero-order chi connectivity index (χ0) is 20.2. The second kappa shape index (κ2) is 9.11. The summed E-state index contributed by atoms with van der Waals surface area (Å²) in [4.78, 5) is 21.7. The molecule has 0 spiro atoms. The first-order valence-corrected chi connectivity index (χ1v) is 11.6. The third-order valence-corrected chi connectivity index (χ3v) is 6.85. The molecule has 1 saturated carbocycles. The van der Waals surface area contributed by atoms with Crippen molar-refractivity contribution in [1.82, 2.24) is 19.6 Å². The van der Waals surface area contributed by atoms with E-state index >= 15 is 0 Å². The largest absolute Gasteiger partial charge is 0.343 e. The number of carbonyl (C=O) groups excluding carboxylic acids is 1. The molecule has 2 aromatic rings. The molecule has 156 valence electrons. The molecule has 1 aromatic carbocycles. The molecule has 0 bridgehead atoms. The summed E-state index contributed by atoms with van der Waals surface area (Å²) in [5.74, 6) is 0.874. The summed E-state index contributed by atoms with van der Waals surface area (Å²) in [5, 5.41) is 4.22. The van der Waals surface area contributed by atoms with Gasteiger partial charge in [-0.2, -0.15) is 4.37 Å². The number of urea groups is 1. The number of aryl methyl sites for hydroxylation is 1. The Morgan fingerprint density at radius 3 is 2.66 bits per heavy atom. The molecule has 6 nitrogen and oxygen atoms in total. The quantitative estimate of drug-likeness (QED) is 0.823. The van der Waals surface area contributed by atoms with Crippen LogP contribution in [-0.4, -0.2) is 52.0 Å². The molecule has 1 aliphatic carbocycles. The number of carbonyl (C=O) groups is 1. The first kappa shape index (κ1) is 20.1. The zero-order valence-electron chi connectivity index (χ0n) is 17.4. The molecule has 2 fully saturated rings. The highest BCUT2D eigenvalue weighted by molar-refractivity contribution is 7.09. The van der Waals surface area contributed by atoms with Crippen LogP contribution in [0.4, 0.5) is 9.93 Å². The van der Waals surface area contributed by atoms with E-state index in [1.165, 1.54) is 41.9 Å². The van der Waals surface area contributed by atoms with Crippen LogP contribution in [0.25, 0.3) is 0 Å². The Morgan fingerprint density at radius 1 is 1.17 bits per heavy atom. The minimum atomic E-state index is 0.0985. The van der Waals surface area contributed by atoms with E-state index in [1.807, 2.05) is 4.90 Å². The van der Waals surface area contributed by atoms with Gasteiger partial charge in [0, 0.05) is 49.7 Å². The van der Waals surface area contributed by atoms with Crippen molar-refractivity contribution in [2.45, 2.75) is 64.5 Å². The summed E-state index contributed by atoms with van der Waals surface area (Å²) < 4.78 is 4.56. The van der Waals surface area contributed by atoms with Crippen molar-refractivity contribution < 1.29 is 4.79 Å². The highest BCUT2D eigenvalue weighted by atomic mass is 32.1. The fourth-order valence-electron chi connectivity index (χ4n) is 4.27. The molecular formula is C22H31N5OS. The number of rotatable bonds is 4. The van der Waals surface area contributed by atoms with E-state index < -0.39 is 0 Å². The van der Waals surface area contributed by atoms with Gasteiger partial charge in [0.15, 0.2) is 0 Å². The Morgan fingerprint density at radius 2 is 1.93 bits per heavy atom. The summed E-state index contributed by atoms with van der Waals surface area (Å²) >= 11 is 1.46. The minimum absolute atomic E-state index is 0.0985. The average molecular weight is 414 g/mol. The minimum Gasteiger partial charge on any atom is -0.343 e. The summed E-state index contributed by atoms with van der Waals surface area (Å²) in [6.45, 7) is 6.56. The van der Waals surface area contributed by atoms with E-state index in [0.717, 1.165) is 49.9 Å². The van der Waals surface area contributed by atoms with Crippen LogP contribution in [0.15, 0.2) is 24.3 Å². The van der Waals surface area contributed by atoms with Crippen LogP contribution >= 0.6 is 11.5 Å². The molecule has 1 aliphatic heterocycles. The van der Waals surface area contributed by atoms with Gasteiger partial charge in [0.25, 0.3) is 0 Å². The number of piperazine rings is 1. The Bertz CT molecular complexity index is 815. The number of hydrogen-bond donors (Lipinski definition) is 1. The van der Waals surface area contributed by atoms with E-state index in [4.69, 9.17) is 4.98 Å². The predicted molar refractivity (Wildman–Crippen MR) is 118 cm³/mol. The van der Waals surface area contributed by atoms with Crippen LogP contribution in [0.5, 0.6) is 0 Å². The summed E-state index contributed by atoms with van der Waals surface area (Å²) in [6, 6.07) is 9.15. The van der Waals surface area contributed by atoms with Crippen LogP contribution in [0.1, 0.15) is 56.0 Å². The molecule has 4 rings (SSSR count). The Balaban J connectivity index is 1.31. The van der Waals surface area contributed by atoms with Crippen molar-refractivity contribution in [3.05, 3.63) is 41.2 Å². The number of nitrogens with one attached hydrogen (secondary N) is 1. The molecule has 29 heavy (non-hydrogen) atoms. The van der Waals surface area contributed by atoms with E-state index in [1.54, 1.807) is 0 Å². The number of benzene rings is 1. The van der Waals surface area contributed by atoms with Gasteiger partial charge in [-0.15, -0.1) is 0 Å². The van der Waals surface area contributed by atoms with Gasteiger partial charge >= 0.3 is 6.03 Å². The maximum atomic E-state index is 12.7. The lowest BCUT2D eigenvalue weighted by Gasteiger charge is -2.40. The fourth-order valence-corrected chi connectivity index (χ4v) is 4.99. The van der Waals surface area contributed by atoms with Crippen LogP contribution in [0.2, 0.25) is 0 Å². The van der Waals surface area contributed by atoms with Gasteiger partial charge in [-0.05, 0) is 32.3 Å². The maximum absolute atomic E-state index is 12.7. The first-order chi connectivity index (χ1) is 14.1. The predicted octanol–water partition coefficient (Wildman–Crippen LogP) is 3.99. The molecular weight excluding hydrogens is 382 g/mol. The molecule has 2 aliphatic rings. The van der Waals surface area contributed by atoms with E-state index in [2.05, 4.69) is 52.7 Å². The molecule has 0 radical (unpaired) electrons. The van der Waals surface area contributed by atoms with E-state index in [9.17, 15) is 4.79 Å². The van der Waals surface area contributed by atoms with E-state index in [0.29, 0.717) is 6.04 Å². The number of nitrogens with zero attached hydrogens (tertiary/aromatic N) is 4.